The van der Waals surface area contributed by atoms with Crippen LogP contribution in [0.1, 0.15) is 49.9 Å². The lowest BCUT2D eigenvalue weighted by Gasteiger charge is -2.25. The molecule has 0 amide bonds. The van der Waals surface area contributed by atoms with Gasteiger partial charge in [0.05, 0.1) is 0 Å². The summed E-state index contributed by atoms with van der Waals surface area (Å²) in [5.74, 6) is 0. The molecule has 1 fully saturated rings. The van der Waals surface area contributed by atoms with Crippen LogP contribution in [0.2, 0.25) is 5.02 Å². The molecule has 0 saturated heterocycles. The van der Waals surface area contributed by atoms with Gasteiger partial charge in [-0.3, -0.25) is 0 Å². The molecule has 16 heavy (non-hydrogen) atoms. The highest BCUT2D eigenvalue weighted by Crippen LogP contribution is 2.40. The average Bonchev–Trinajstić information content (AvgIpc) is 2.65. The van der Waals surface area contributed by atoms with E-state index in [9.17, 15) is 4.39 Å². The van der Waals surface area contributed by atoms with Gasteiger partial charge >= 0.3 is 0 Å². The molecule has 0 aliphatic heterocycles. The zero-order valence-corrected chi connectivity index (χ0v) is 10.2. The highest BCUT2D eigenvalue weighted by Gasteiger charge is 2.32. The Kier molecular flexibility index (Phi) is 3.22. The van der Waals surface area contributed by atoms with E-state index in [4.69, 9.17) is 17.3 Å². The molecule has 0 heterocycles. The highest BCUT2D eigenvalue weighted by molar-refractivity contribution is 6.31. The first-order chi connectivity index (χ1) is 7.53. The van der Waals surface area contributed by atoms with Crippen LogP contribution in [-0.4, -0.2) is 0 Å². The van der Waals surface area contributed by atoms with Crippen molar-refractivity contribution in [1.29, 1.82) is 0 Å². The Hall–Kier alpha value is -0.600. The number of benzene rings is 1. The fourth-order valence-electron chi connectivity index (χ4n) is 2.46. The fraction of sp³-hybridized carbons (Fsp3) is 0.538. The number of hydrogen-bond acceptors (Lipinski definition) is 1. The van der Waals surface area contributed by atoms with Crippen LogP contribution in [0.25, 0.3) is 0 Å². The number of hydrogen-bond donors (Lipinski definition) is 1. The zero-order chi connectivity index (χ0) is 11.8. The quantitative estimate of drug-likeness (QED) is 0.829. The van der Waals surface area contributed by atoms with Crippen LogP contribution in [-0.2, 0) is 5.54 Å². The van der Waals surface area contributed by atoms with Gasteiger partial charge in [-0.05, 0) is 37.0 Å². The molecule has 88 valence electrons. The molecule has 0 bridgehead atoms. The topological polar surface area (TPSA) is 26.0 Å². The van der Waals surface area contributed by atoms with Gasteiger partial charge in [-0.15, -0.1) is 0 Å². The predicted octanol–water partition coefficient (Wildman–Crippen LogP) is 4.10. The van der Waals surface area contributed by atoms with Crippen LogP contribution in [0, 0.1) is 0 Å². The predicted molar refractivity (Wildman–Crippen MR) is 65.3 cm³/mol. The molecule has 1 aliphatic rings. The first kappa shape index (κ1) is 11.9. The van der Waals surface area contributed by atoms with Crippen molar-refractivity contribution in [2.24, 2.45) is 5.73 Å². The van der Waals surface area contributed by atoms with Crippen molar-refractivity contribution in [2.75, 3.05) is 0 Å². The minimum absolute atomic E-state index is 0.296. The maximum atomic E-state index is 13.1. The van der Waals surface area contributed by atoms with E-state index in [1.165, 1.54) is 6.92 Å². The number of alkyl halides is 1. The van der Waals surface area contributed by atoms with Crippen LogP contribution < -0.4 is 5.73 Å². The van der Waals surface area contributed by atoms with Gasteiger partial charge in [-0.25, -0.2) is 4.39 Å². The Morgan fingerprint density at radius 1 is 1.38 bits per heavy atom. The van der Waals surface area contributed by atoms with Gasteiger partial charge in [0.1, 0.15) is 6.17 Å². The van der Waals surface area contributed by atoms with E-state index in [0.29, 0.717) is 10.6 Å². The van der Waals surface area contributed by atoms with E-state index in [1.807, 2.05) is 6.07 Å². The summed E-state index contributed by atoms with van der Waals surface area (Å²) in [4.78, 5) is 0. The smallest absolute Gasteiger partial charge is 0.122 e. The van der Waals surface area contributed by atoms with Gasteiger partial charge in [-0.2, -0.15) is 0 Å². The molecule has 0 spiro atoms. The minimum atomic E-state index is -0.983. The third-order valence-corrected chi connectivity index (χ3v) is 3.80. The Bertz CT molecular complexity index is 384. The maximum absolute atomic E-state index is 13.1. The van der Waals surface area contributed by atoms with Gasteiger partial charge in [0.25, 0.3) is 0 Å². The van der Waals surface area contributed by atoms with Gasteiger partial charge in [0.15, 0.2) is 0 Å². The van der Waals surface area contributed by atoms with Gasteiger partial charge < -0.3 is 5.73 Å². The SMILES string of the molecule is CC(F)c1ccc(C2(N)CCCC2)c(Cl)c1. The summed E-state index contributed by atoms with van der Waals surface area (Å²) < 4.78 is 13.1. The molecular weight excluding hydrogens is 225 g/mol. The summed E-state index contributed by atoms with van der Waals surface area (Å²) in [6.45, 7) is 1.51. The molecule has 1 nitrogen and oxygen atoms in total. The standard InChI is InChI=1S/C13H17ClFN/c1-9(15)10-4-5-11(12(14)8-10)13(16)6-2-3-7-13/h4-5,8-9H,2-3,6-7,16H2,1H3. The fourth-order valence-corrected chi connectivity index (χ4v) is 2.83. The molecule has 0 radical (unpaired) electrons. The highest BCUT2D eigenvalue weighted by atomic mass is 35.5. The van der Waals surface area contributed by atoms with E-state index < -0.39 is 6.17 Å². The third-order valence-electron chi connectivity index (χ3n) is 3.48. The Morgan fingerprint density at radius 3 is 2.50 bits per heavy atom. The molecule has 1 aromatic rings. The second kappa shape index (κ2) is 4.34. The lowest BCUT2D eigenvalue weighted by molar-refractivity contribution is 0.373. The van der Waals surface area contributed by atoms with Crippen LogP contribution >= 0.6 is 11.6 Å². The van der Waals surface area contributed by atoms with Gasteiger partial charge in [0.2, 0.25) is 0 Å². The van der Waals surface area contributed by atoms with Crippen LogP contribution in [0.3, 0.4) is 0 Å². The van der Waals surface area contributed by atoms with Crippen molar-refractivity contribution >= 4 is 11.6 Å². The molecule has 3 heteroatoms. The van der Waals surface area contributed by atoms with E-state index in [-0.39, 0.29) is 5.54 Å². The first-order valence-electron chi connectivity index (χ1n) is 5.76. The zero-order valence-electron chi connectivity index (χ0n) is 9.47. The summed E-state index contributed by atoms with van der Waals surface area (Å²) in [5, 5.41) is 0.603. The summed E-state index contributed by atoms with van der Waals surface area (Å²) in [5.41, 5.74) is 7.62. The van der Waals surface area contributed by atoms with Crippen molar-refractivity contribution < 1.29 is 4.39 Å². The number of nitrogens with two attached hydrogens (primary N) is 1. The summed E-state index contributed by atoms with van der Waals surface area (Å²) >= 11 is 6.20. The molecule has 1 aromatic carbocycles. The van der Waals surface area contributed by atoms with Crippen molar-refractivity contribution in [2.45, 2.75) is 44.3 Å². The lowest BCUT2D eigenvalue weighted by atomic mass is 9.88. The molecular formula is C13H17ClFN. The molecule has 2 rings (SSSR count). The first-order valence-corrected chi connectivity index (χ1v) is 6.14. The average molecular weight is 242 g/mol. The monoisotopic (exact) mass is 241 g/mol. The van der Waals surface area contributed by atoms with Crippen molar-refractivity contribution in [3.8, 4) is 0 Å². The van der Waals surface area contributed by atoms with Crippen molar-refractivity contribution in [3.63, 3.8) is 0 Å². The second-order valence-electron chi connectivity index (χ2n) is 4.72. The normalized spacial score (nSPS) is 21.0. The Labute approximate surface area is 101 Å². The second-order valence-corrected chi connectivity index (χ2v) is 5.13. The Morgan fingerprint density at radius 2 is 2.00 bits per heavy atom. The Balaban J connectivity index is 2.35. The van der Waals surface area contributed by atoms with Crippen molar-refractivity contribution in [3.05, 3.63) is 34.3 Å². The summed E-state index contributed by atoms with van der Waals surface area (Å²) in [6.07, 6.45) is 3.25. The van der Waals surface area contributed by atoms with E-state index in [0.717, 1.165) is 31.2 Å². The van der Waals surface area contributed by atoms with Crippen LogP contribution in [0.5, 0.6) is 0 Å². The molecule has 0 aromatic heterocycles. The molecule has 1 saturated carbocycles. The van der Waals surface area contributed by atoms with Gasteiger partial charge in [0, 0.05) is 10.6 Å². The minimum Gasteiger partial charge on any atom is -0.321 e. The molecule has 1 aliphatic carbocycles. The molecule has 2 N–H and O–H groups in total. The third kappa shape index (κ3) is 2.09. The lowest BCUT2D eigenvalue weighted by Crippen LogP contribution is -2.33. The van der Waals surface area contributed by atoms with E-state index in [2.05, 4.69) is 0 Å². The van der Waals surface area contributed by atoms with E-state index >= 15 is 0 Å². The summed E-state index contributed by atoms with van der Waals surface area (Å²) in [7, 11) is 0. The maximum Gasteiger partial charge on any atom is 0.122 e. The van der Waals surface area contributed by atoms with Gasteiger partial charge in [-0.1, -0.05) is 36.6 Å². The largest absolute Gasteiger partial charge is 0.321 e. The summed E-state index contributed by atoms with van der Waals surface area (Å²) in [6, 6.07) is 5.38. The van der Waals surface area contributed by atoms with Crippen LogP contribution in [0.15, 0.2) is 18.2 Å². The van der Waals surface area contributed by atoms with Crippen LogP contribution in [0.4, 0.5) is 4.39 Å². The molecule has 1 unspecified atom stereocenters. The number of rotatable bonds is 2. The van der Waals surface area contributed by atoms with E-state index in [1.54, 1.807) is 12.1 Å². The number of halogens is 2. The molecule has 1 atom stereocenters. The van der Waals surface area contributed by atoms with Crippen molar-refractivity contribution in [1.82, 2.24) is 0 Å².